The van der Waals surface area contributed by atoms with Crippen LogP contribution in [0, 0.1) is 6.92 Å². The first-order valence-corrected chi connectivity index (χ1v) is 10.2. The number of aryl methyl sites for hydroxylation is 3. The Balaban J connectivity index is 1.42. The van der Waals surface area contributed by atoms with Gasteiger partial charge in [-0.25, -0.2) is 9.97 Å². The second kappa shape index (κ2) is 8.77. The van der Waals surface area contributed by atoms with Gasteiger partial charge in [-0.15, -0.1) is 0 Å². The topological polar surface area (TPSA) is 109 Å². The first-order valence-electron chi connectivity index (χ1n) is 10.2. The van der Waals surface area contributed by atoms with Crippen molar-refractivity contribution in [3.8, 4) is 0 Å². The first-order chi connectivity index (χ1) is 15.7. The van der Waals surface area contributed by atoms with Gasteiger partial charge in [-0.3, -0.25) is 14.5 Å². The summed E-state index contributed by atoms with van der Waals surface area (Å²) in [6, 6.07) is 1.63. The molecule has 3 aromatic rings. The number of anilines is 2. The van der Waals surface area contributed by atoms with E-state index in [2.05, 4.69) is 25.4 Å². The molecule has 3 aromatic heterocycles. The molecule has 0 spiro atoms. The Bertz CT molecular complexity index is 1160. The Morgan fingerprint density at radius 1 is 1.15 bits per heavy atom. The van der Waals surface area contributed by atoms with Gasteiger partial charge in [0.2, 0.25) is 5.91 Å². The van der Waals surface area contributed by atoms with E-state index in [1.54, 1.807) is 29.7 Å². The van der Waals surface area contributed by atoms with Crippen LogP contribution in [0.1, 0.15) is 28.3 Å². The van der Waals surface area contributed by atoms with Crippen LogP contribution in [0.4, 0.5) is 24.7 Å². The lowest BCUT2D eigenvalue weighted by Crippen LogP contribution is -2.49. The van der Waals surface area contributed by atoms with E-state index in [0.717, 1.165) is 11.6 Å². The summed E-state index contributed by atoms with van der Waals surface area (Å²) in [5.74, 6) is 0.842. The van der Waals surface area contributed by atoms with Gasteiger partial charge in [0.25, 0.3) is 0 Å². The second-order valence-corrected chi connectivity index (χ2v) is 7.82. The quantitative estimate of drug-likeness (QED) is 0.578. The highest BCUT2D eigenvalue weighted by molar-refractivity contribution is 6.03. The summed E-state index contributed by atoms with van der Waals surface area (Å²) in [5, 5.41) is 16.5. The number of alkyl halides is 3. The van der Waals surface area contributed by atoms with Crippen molar-refractivity contribution in [2.24, 2.45) is 0 Å². The van der Waals surface area contributed by atoms with Crippen molar-refractivity contribution in [3.05, 3.63) is 59.1 Å². The number of hydrogen-bond donors (Lipinski definition) is 2. The molecule has 0 bridgehead atoms. The average molecular weight is 461 g/mol. The SMILES string of the molecule is Cc1nc(CCc2cnn(Cc3ccc(C(F)(F)F)nc3)c2)nc2c1NC(=O)[C@H](CO)N2C. The molecule has 0 fully saturated rings. The Morgan fingerprint density at radius 2 is 1.94 bits per heavy atom. The van der Waals surface area contributed by atoms with Crippen LogP contribution < -0.4 is 10.2 Å². The molecule has 0 saturated heterocycles. The molecule has 2 N–H and O–H groups in total. The van der Waals surface area contributed by atoms with Crippen LogP contribution in [0.25, 0.3) is 0 Å². The molecule has 4 heterocycles. The zero-order valence-electron chi connectivity index (χ0n) is 18.0. The number of aliphatic hydroxyl groups is 1. The zero-order valence-corrected chi connectivity index (χ0v) is 18.0. The molecule has 4 rings (SSSR count). The fourth-order valence-corrected chi connectivity index (χ4v) is 3.61. The van der Waals surface area contributed by atoms with Crippen LogP contribution in [-0.2, 0) is 30.4 Å². The number of carbonyl (C=O) groups is 1. The van der Waals surface area contributed by atoms with Crippen molar-refractivity contribution in [2.45, 2.75) is 38.5 Å². The maximum absolute atomic E-state index is 12.6. The summed E-state index contributed by atoms with van der Waals surface area (Å²) < 4.78 is 39.6. The summed E-state index contributed by atoms with van der Waals surface area (Å²) in [6.07, 6.45) is 1.36. The van der Waals surface area contributed by atoms with Gasteiger partial charge in [0, 0.05) is 25.9 Å². The van der Waals surface area contributed by atoms with Crippen LogP contribution in [0.2, 0.25) is 0 Å². The molecule has 1 aliphatic heterocycles. The van der Waals surface area contributed by atoms with E-state index in [9.17, 15) is 23.1 Å². The fraction of sp³-hybridized carbons (Fsp3) is 0.381. The standard InChI is InChI=1S/C21H22F3N7O2/c1-12-18-19(30(2)15(11-32)20(33)29-18)28-17(27-12)6-4-14-8-26-31(10-14)9-13-3-5-16(25-7-13)21(22,23)24/h3,5,7-8,10,15,32H,4,6,9,11H2,1-2H3,(H,29,33)/t15-/m0/s1. The van der Waals surface area contributed by atoms with E-state index in [1.165, 1.54) is 12.3 Å². The van der Waals surface area contributed by atoms with E-state index in [1.807, 2.05) is 6.20 Å². The Kier molecular flexibility index (Phi) is 6.02. The molecular weight excluding hydrogens is 439 g/mol. The van der Waals surface area contributed by atoms with Crippen LogP contribution in [0.5, 0.6) is 0 Å². The van der Waals surface area contributed by atoms with Gasteiger partial charge < -0.3 is 15.3 Å². The van der Waals surface area contributed by atoms with Crippen LogP contribution in [0.3, 0.4) is 0 Å². The largest absolute Gasteiger partial charge is 0.433 e. The van der Waals surface area contributed by atoms with E-state index in [-0.39, 0.29) is 12.5 Å². The highest BCUT2D eigenvalue weighted by atomic mass is 19.4. The summed E-state index contributed by atoms with van der Waals surface area (Å²) in [6.45, 7) is 1.76. The third-order valence-corrected chi connectivity index (χ3v) is 5.43. The normalized spacial score (nSPS) is 16.0. The first kappa shape index (κ1) is 22.6. The zero-order chi connectivity index (χ0) is 23.8. The third kappa shape index (κ3) is 4.80. The van der Waals surface area contributed by atoms with E-state index in [4.69, 9.17) is 0 Å². The number of aliphatic hydroxyl groups excluding tert-OH is 1. The average Bonchev–Trinajstić information content (AvgIpc) is 3.20. The van der Waals surface area contributed by atoms with Crippen molar-refractivity contribution in [1.82, 2.24) is 24.7 Å². The van der Waals surface area contributed by atoms with Crippen LogP contribution in [0.15, 0.2) is 30.7 Å². The highest BCUT2D eigenvalue weighted by Crippen LogP contribution is 2.31. The maximum Gasteiger partial charge on any atom is 0.433 e. The van der Waals surface area contributed by atoms with E-state index < -0.39 is 17.9 Å². The van der Waals surface area contributed by atoms with Crippen molar-refractivity contribution in [1.29, 1.82) is 0 Å². The third-order valence-electron chi connectivity index (χ3n) is 5.43. The number of likely N-dealkylation sites (N-methyl/N-ethyl adjacent to an activating group) is 1. The summed E-state index contributed by atoms with van der Waals surface area (Å²) >= 11 is 0. The van der Waals surface area contributed by atoms with Crippen molar-refractivity contribution in [2.75, 3.05) is 23.9 Å². The molecule has 0 saturated carbocycles. The highest BCUT2D eigenvalue weighted by Gasteiger charge is 2.33. The molecule has 1 atom stereocenters. The number of rotatable bonds is 6. The number of hydrogen-bond acceptors (Lipinski definition) is 7. The van der Waals surface area contributed by atoms with E-state index in [0.29, 0.717) is 48.0 Å². The Hall–Kier alpha value is -3.54. The van der Waals surface area contributed by atoms with Crippen LogP contribution >= 0.6 is 0 Å². The molecule has 174 valence electrons. The van der Waals surface area contributed by atoms with Gasteiger partial charge >= 0.3 is 6.18 Å². The van der Waals surface area contributed by atoms with Gasteiger partial charge in [-0.2, -0.15) is 18.3 Å². The molecule has 0 unspecified atom stereocenters. The second-order valence-electron chi connectivity index (χ2n) is 7.82. The van der Waals surface area contributed by atoms with Gasteiger partial charge in [0.15, 0.2) is 5.82 Å². The minimum Gasteiger partial charge on any atom is -0.394 e. The summed E-state index contributed by atoms with van der Waals surface area (Å²) in [7, 11) is 1.70. The van der Waals surface area contributed by atoms with E-state index >= 15 is 0 Å². The van der Waals surface area contributed by atoms with Gasteiger partial charge in [0.1, 0.15) is 23.2 Å². The summed E-state index contributed by atoms with van der Waals surface area (Å²) in [4.78, 5) is 26.3. The fourth-order valence-electron chi connectivity index (χ4n) is 3.61. The lowest BCUT2D eigenvalue weighted by atomic mass is 10.1. The molecule has 33 heavy (non-hydrogen) atoms. The lowest BCUT2D eigenvalue weighted by molar-refractivity contribution is -0.141. The lowest BCUT2D eigenvalue weighted by Gasteiger charge is -2.33. The number of amides is 1. The molecule has 0 aliphatic carbocycles. The van der Waals surface area contributed by atoms with Gasteiger partial charge in [-0.1, -0.05) is 6.07 Å². The molecule has 1 aliphatic rings. The number of nitrogens with one attached hydrogen (secondary N) is 1. The molecular formula is C21H22F3N7O2. The Morgan fingerprint density at radius 3 is 2.61 bits per heavy atom. The van der Waals surface area contributed by atoms with Crippen molar-refractivity contribution >= 4 is 17.4 Å². The molecule has 12 heteroatoms. The van der Waals surface area contributed by atoms with Crippen molar-refractivity contribution < 1.29 is 23.1 Å². The Labute approximate surface area is 187 Å². The number of fused-ring (bicyclic) bond motifs is 1. The predicted octanol–water partition coefficient (Wildman–Crippen LogP) is 1.98. The maximum atomic E-state index is 12.6. The number of carbonyl (C=O) groups excluding carboxylic acids is 1. The molecule has 1 amide bonds. The number of halogens is 3. The van der Waals surface area contributed by atoms with Gasteiger partial charge in [-0.05, 0) is 30.5 Å². The number of nitrogens with zero attached hydrogens (tertiary/aromatic N) is 6. The number of pyridine rings is 1. The molecule has 0 radical (unpaired) electrons. The molecule has 0 aromatic carbocycles. The number of aromatic nitrogens is 5. The smallest absolute Gasteiger partial charge is 0.394 e. The summed E-state index contributed by atoms with van der Waals surface area (Å²) in [5.41, 5.74) is 1.77. The monoisotopic (exact) mass is 461 g/mol. The predicted molar refractivity (Wildman–Crippen MR) is 113 cm³/mol. The minimum absolute atomic E-state index is 0.298. The minimum atomic E-state index is -4.46. The van der Waals surface area contributed by atoms with Crippen LogP contribution in [-0.4, -0.2) is 55.4 Å². The molecule has 9 nitrogen and oxygen atoms in total. The van der Waals surface area contributed by atoms with Gasteiger partial charge in [0.05, 0.1) is 25.0 Å². The van der Waals surface area contributed by atoms with Crippen molar-refractivity contribution in [3.63, 3.8) is 0 Å².